The maximum absolute atomic E-state index is 10.9. The standard InChI is InChI=1S/C11H16N2O3/c14-11(15)8-2-1-3-9(6-8)12-7-10-4-5-16-13-10/h4-5,8-9,12H,1-3,6-7H2,(H,14,15). The smallest absolute Gasteiger partial charge is 0.306 e. The van der Waals surface area contributed by atoms with Gasteiger partial charge in [0.2, 0.25) is 0 Å². The summed E-state index contributed by atoms with van der Waals surface area (Å²) in [5.74, 6) is -0.864. The van der Waals surface area contributed by atoms with E-state index in [0.29, 0.717) is 13.0 Å². The van der Waals surface area contributed by atoms with Crippen LogP contribution in [0.25, 0.3) is 0 Å². The molecule has 0 radical (unpaired) electrons. The van der Waals surface area contributed by atoms with E-state index in [2.05, 4.69) is 10.5 Å². The predicted molar refractivity (Wildman–Crippen MR) is 56.7 cm³/mol. The first-order valence-electron chi connectivity index (χ1n) is 5.61. The minimum absolute atomic E-state index is 0.191. The van der Waals surface area contributed by atoms with Crippen molar-refractivity contribution in [2.24, 2.45) is 5.92 Å². The van der Waals surface area contributed by atoms with E-state index in [4.69, 9.17) is 9.63 Å². The normalized spacial score (nSPS) is 25.5. The molecule has 0 saturated heterocycles. The summed E-state index contributed by atoms with van der Waals surface area (Å²) < 4.78 is 4.73. The van der Waals surface area contributed by atoms with Gasteiger partial charge < -0.3 is 14.9 Å². The Kier molecular flexibility index (Phi) is 3.56. The lowest BCUT2D eigenvalue weighted by Crippen LogP contribution is -2.36. The summed E-state index contributed by atoms with van der Waals surface area (Å²) in [6.07, 6.45) is 5.08. The Morgan fingerprint density at radius 3 is 3.19 bits per heavy atom. The molecule has 1 aromatic heterocycles. The van der Waals surface area contributed by atoms with Gasteiger partial charge in [-0.05, 0) is 19.3 Å². The van der Waals surface area contributed by atoms with E-state index in [-0.39, 0.29) is 12.0 Å². The fraction of sp³-hybridized carbons (Fsp3) is 0.636. The molecule has 0 spiro atoms. The summed E-state index contributed by atoms with van der Waals surface area (Å²) in [5, 5.41) is 16.1. The molecule has 5 nitrogen and oxygen atoms in total. The van der Waals surface area contributed by atoms with Gasteiger partial charge in [-0.2, -0.15) is 0 Å². The number of carboxylic acids is 1. The van der Waals surface area contributed by atoms with Crippen molar-refractivity contribution < 1.29 is 14.4 Å². The molecule has 2 rings (SSSR count). The third-order valence-corrected chi connectivity index (χ3v) is 3.09. The highest BCUT2D eigenvalue weighted by atomic mass is 16.5. The van der Waals surface area contributed by atoms with Gasteiger partial charge in [0.15, 0.2) is 0 Å². The summed E-state index contributed by atoms with van der Waals surface area (Å²) in [6.45, 7) is 0.646. The number of hydrogen-bond donors (Lipinski definition) is 2. The van der Waals surface area contributed by atoms with E-state index in [1.54, 1.807) is 0 Å². The molecule has 5 heteroatoms. The van der Waals surface area contributed by atoms with Gasteiger partial charge in [-0.1, -0.05) is 11.6 Å². The molecular formula is C11H16N2O3. The molecule has 1 saturated carbocycles. The molecule has 0 bridgehead atoms. The first kappa shape index (κ1) is 11.1. The molecule has 2 N–H and O–H groups in total. The van der Waals surface area contributed by atoms with E-state index < -0.39 is 5.97 Å². The Labute approximate surface area is 93.8 Å². The van der Waals surface area contributed by atoms with Crippen LogP contribution in [0.3, 0.4) is 0 Å². The van der Waals surface area contributed by atoms with E-state index in [1.807, 2.05) is 6.07 Å². The van der Waals surface area contributed by atoms with Crippen LogP contribution in [0.4, 0.5) is 0 Å². The third-order valence-electron chi connectivity index (χ3n) is 3.09. The van der Waals surface area contributed by atoms with E-state index in [0.717, 1.165) is 25.0 Å². The number of nitrogens with zero attached hydrogens (tertiary/aromatic N) is 1. The van der Waals surface area contributed by atoms with Gasteiger partial charge in [-0.15, -0.1) is 0 Å². The molecule has 2 atom stereocenters. The van der Waals surface area contributed by atoms with Gasteiger partial charge in [0, 0.05) is 18.7 Å². The zero-order chi connectivity index (χ0) is 11.4. The topological polar surface area (TPSA) is 75.4 Å². The van der Waals surface area contributed by atoms with Crippen LogP contribution in [0.2, 0.25) is 0 Å². The summed E-state index contributed by atoms with van der Waals surface area (Å²) in [6, 6.07) is 2.09. The lowest BCUT2D eigenvalue weighted by molar-refractivity contribution is -0.143. The summed E-state index contributed by atoms with van der Waals surface area (Å²) in [4.78, 5) is 10.9. The number of aliphatic carboxylic acids is 1. The van der Waals surface area contributed by atoms with Crippen molar-refractivity contribution in [3.05, 3.63) is 18.0 Å². The highest BCUT2D eigenvalue weighted by molar-refractivity contribution is 5.70. The van der Waals surface area contributed by atoms with Gasteiger partial charge in [0.1, 0.15) is 6.26 Å². The number of carbonyl (C=O) groups is 1. The van der Waals surface area contributed by atoms with Crippen LogP contribution >= 0.6 is 0 Å². The number of carboxylic acid groups (broad SMARTS) is 1. The van der Waals surface area contributed by atoms with E-state index >= 15 is 0 Å². The van der Waals surface area contributed by atoms with Crippen molar-refractivity contribution in [2.45, 2.75) is 38.3 Å². The maximum Gasteiger partial charge on any atom is 0.306 e. The quantitative estimate of drug-likeness (QED) is 0.808. The monoisotopic (exact) mass is 224 g/mol. The minimum atomic E-state index is -0.673. The molecule has 2 unspecified atom stereocenters. The van der Waals surface area contributed by atoms with Gasteiger partial charge >= 0.3 is 5.97 Å². The van der Waals surface area contributed by atoms with Crippen LogP contribution in [-0.4, -0.2) is 22.3 Å². The molecule has 16 heavy (non-hydrogen) atoms. The van der Waals surface area contributed by atoms with Crippen LogP contribution in [0.15, 0.2) is 16.9 Å². The van der Waals surface area contributed by atoms with Crippen molar-refractivity contribution in [1.82, 2.24) is 10.5 Å². The number of rotatable bonds is 4. The molecule has 0 amide bonds. The summed E-state index contributed by atoms with van der Waals surface area (Å²) >= 11 is 0. The summed E-state index contributed by atoms with van der Waals surface area (Å²) in [5.41, 5.74) is 0.859. The maximum atomic E-state index is 10.9. The number of aromatic nitrogens is 1. The first-order valence-corrected chi connectivity index (χ1v) is 5.61. The average molecular weight is 224 g/mol. The second-order valence-corrected chi connectivity index (χ2v) is 4.27. The number of hydrogen-bond acceptors (Lipinski definition) is 4. The Morgan fingerprint density at radius 1 is 1.62 bits per heavy atom. The molecular weight excluding hydrogens is 208 g/mol. The van der Waals surface area contributed by atoms with Crippen LogP contribution in [0.1, 0.15) is 31.4 Å². The average Bonchev–Trinajstić information content (AvgIpc) is 2.79. The zero-order valence-corrected chi connectivity index (χ0v) is 9.06. The summed E-state index contributed by atoms with van der Waals surface area (Å²) in [7, 11) is 0. The van der Waals surface area contributed by atoms with Crippen LogP contribution < -0.4 is 5.32 Å². The molecule has 1 aromatic rings. The molecule has 1 aliphatic rings. The SMILES string of the molecule is O=C(O)C1CCCC(NCc2ccon2)C1. The largest absolute Gasteiger partial charge is 0.481 e. The van der Waals surface area contributed by atoms with Gasteiger partial charge in [0.05, 0.1) is 11.6 Å². The molecule has 88 valence electrons. The number of nitrogens with one attached hydrogen (secondary N) is 1. The molecule has 1 heterocycles. The van der Waals surface area contributed by atoms with Crippen LogP contribution in [0.5, 0.6) is 0 Å². The van der Waals surface area contributed by atoms with Crippen molar-refractivity contribution in [2.75, 3.05) is 0 Å². The Bertz CT molecular complexity index is 337. The zero-order valence-electron chi connectivity index (χ0n) is 9.06. The van der Waals surface area contributed by atoms with Crippen LogP contribution in [0, 0.1) is 5.92 Å². The second-order valence-electron chi connectivity index (χ2n) is 4.27. The molecule has 1 aliphatic carbocycles. The van der Waals surface area contributed by atoms with Crippen molar-refractivity contribution in [3.8, 4) is 0 Å². The molecule has 0 aromatic carbocycles. The van der Waals surface area contributed by atoms with Crippen molar-refractivity contribution in [3.63, 3.8) is 0 Å². The lowest BCUT2D eigenvalue weighted by atomic mass is 9.86. The minimum Gasteiger partial charge on any atom is -0.481 e. The fourth-order valence-electron chi connectivity index (χ4n) is 2.18. The Hall–Kier alpha value is -1.36. The van der Waals surface area contributed by atoms with E-state index in [1.165, 1.54) is 6.26 Å². The Morgan fingerprint density at radius 2 is 2.50 bits per heavy atom. The first-order chi connectivity index (χ1) is 7.75. The highest BCUT2D eigenvalue weighted by Gasteiger charge is 2.26. The Balaban J connectivity index is 1.79. The highest BCUT2D eigenvalue weighted by Crippen LogP contribution is 2.24. The van der Waals surface area contributed by atoms with Gasteiger partial charge in [-0.3, -0.25) is 4.79 Å². The predicted octanol–water partition coefficient (Wildman–Crippen LogP) is 1.41. The molecule has 1 fully saturated rings. The van der Waals surface area contributed by atoms with E-state index in [9.17, 15) is 4.79 Å². The molecule has 0 aliphatic heterocycles. The van der Waals surface area contributed by atoms with Crippen molar-refractivity contribution >= 4 is 5.97 Å². The second kappa shape index (κ2) is 5.12. The fourth-order valence-corrected chi connectivity index (χ4v) is 2.18. The lowest BCUT2D eigenvalue weighted by Gasteiger charge is -2.27. The van der Waals surface area contributed by atoms with Gasteiger partial charge in [0.25, 0.3) is 0 Å². The van der Waals surface area contributed by atoms with Crippen molar-refractivity contribution in [1.29, 1.82) is 0 Å². The van der Waals surface area contributed by atoms with Gasteiger partial charge in [-0.25, -0.2) is 0 Å². The van der Waals surface area contributed by atoms with Crippen LogP contribution in [-0.2, 0) is 11.3 Å². The third kappa shape index (κ3) is 2.82.